The van der Waals surface area contributed by atoms with E-state index in [1.165, 1.54) is 0 Å². The van der Waals surface area contributed by atoms with Crippen molar-refractivity contribution in [2.75, 3.05) is 19.8 Å². The van der Waals surface area contributed by atoms with Crippen molar-refractivity contribution in [2.24, 2.45) is 0 Å². The van der Waals surface area contributed by atoms with Crippen LogP contribution < -0.4 is 5.32 Å². The first kappa shape index (κ1) is 15.6. The SMILES string of the molecule is CCCCOCCCNC(=O)CCc1cccnc1. The van der Waals surface area contributed by atoms with Crippen LogP contribution in [0.15, 0.2) is 24.5 Å². The van der Waals surface area contributed by atoms with Crippen LogP contribution >= 0.6 is 0 Å². The maximum Gasteiger partial charge on any atom is 0.220 e. The molecule has 0 saturated carbocycles. The van der Waals surface area contributed by atoms with E-state index >= 15 is 0 Å². The number of nitrogens with zero attached hydrogens (tertiary/aromatic N) is 1. The van der Waals surface area contributed by atoms with Gasteiger partial charge in [0.2, 0.25) is 5.91 Å². The van der Waals surface area contributed by atoms with Gasteiger partial charge in [0.05, 0.1) is 0 Å². The van der Waals surface area contributed by atoms with E-state index in [1.807, 2.05) is 12.1 Å². The fourth-order valence-electron chi connectivity index (χ4n) is 1.64. The summed E-state index contributed by atoms with van der Waals surface area (Å²) in [6.07, 6.45) is 7.94. The summed E-state index contributed by atoms with van der Waals surface area (Å²) in [4.78, 5) is 15.6. The van der Waals surface area contributed by atoms with Crippen LogP contribution in [0.25, 0.3) is 0 Å². The van der Waals surface area contributed by atoms with E-state index in [4.69, 9.17) is 4.74 Å². The second-order valence-corrected chi connectivity index (χ2v) is 4.53. The third kappa shape index (κ3) is 8.32. The predicted molar refractivity (Wildman–Crippen MR) is 75.9 cm³/mol. The zero-order valence-corrected chi connectivity index (χ0v) is 11.7. The van der Waals surface area contributed by atoms with Crippen LogP contribution in [-0.4, -0.2) is 30.6 Å². The summed E-state index contributed by atoms with van der Waals surface area (Å²) in [7, 11) is 0. The van der Waals surface area contributed by atoms with Crippen LogP contribution in [-0.2, 0) is 16.0 Å². The van der Waals surface area contributed by atoms with Gasteiger partial charge in [0, 0.05) is 38.6 Å². The van der Waals surface area contributed by atoms with Gasteiger partial charge in [0.15, 0.2) is 0 Å². The summed E-state index contributed by atoms with van der Waals surface area (Å²) >= 11 is 0. The number of aromatic nitrogens is 1. The molecule has 0 aliphatic carbocycles. The van der Waals surface area contributed by atoms with Crippen LogP contribution in [0, 0.1) is 0 Å². The van der Waals surface area contributed by atoms with Gasteiger partial charge in [0.25, 0.3) is 0 Å². The highest BCUT2D eigenvalue weighted by Crippen LogP contribution is 2.00. The number of unbranched alkanes of at least 4 members (excludes halogenated alkanes) is 1. The third-order valence-corrected chi connectivity index (χ3v) is 2.79. The van der Waals surface area contributed by atoms with Gasteiger partial charge in [0.1, 0.15) is 0 Å². The van der Waals surface area contributed by atoms with E-state index in [0.29, 0.717) is 13.0 Å². The molecule has 0 aliphatic rings. The summed E-state index contributed by atoms with van der Waals surface area (Å²) in [6, 6.07) is 3.88. The summed E-state index contributed by atoms with van der Waals surface area (Å²) in [5.74, 6) is 0.0948. The predicted octanol–water partition coefficient (Wildman–Crippen LogP) is 2.34. The zero-order chi connectivity index (χ0) is 13.8. The highest BCUT2D eigenvalue weighted by atomic mass is 16.5. The molecule has 4 heteroatoms. The van der Waals surface area contributed by atoms with E-state index in [1.54, 1.807) is 12.4 Å². The van der Waals surface area contributed by atoms with Gasteiger partial charge >= 0.3 is 0 Å². The number of amides is 1. The first-order chi connectivity index (χ1) is 9.33. The van der Waals surface area contributed by atoms with Crippen LogP contribution in [0.5, 0.6) is 0 Å². The van der Waals surface area contributed by atoms with Crippen molar-refractivity contribution >= 4 is 5.91 Å². The molecule has 106 valence electrons. The quantitative estimate of drug-likeness (QED) is 0.660. The maximum absolute atomic E-state index is 11.6. The lowest BCUT2D eigenvalue weighted by Gasteiger charge is -2.06. The fraction of sp³-hybridized carbons (Fsp3) is 0.600. The monoisotopic (exact) mass is 264 g/mol. The number of nitrogens with one attached hydrogen (secondary N) is 1. The molecular weight excluding hydrogens is 240 g/mol. The standard InChI is InChI=1S/C15H24N2O2/c1-2-3-11-19-12-5-10-17-15(18)8-7-14-6-4-9-16-13-14/h4,6,9,13H,2-3,5,7-8,10-12H2,1H3,(H,17,18). The van der Waals surface area contributed by atoms with E-state index in [0.717, 1.165) is 44.5 Å². The Hall–Kier alpha value is -1.42. The Balaban J connectivity index is 1.96. The minimum Gasteiger partial charge on any atom is -0.381 e. The zero-order valence-electron chi connectivity index (χ0n) is 11.7. The second-order valence-electron chi connectivity index (χ2n) is 4.53. The summed E-state index contributed by atoms with van der Waals surface area (Å²) in [6.45, 7) is 4.39. The van der Waals surface area contributed by atoms with Gasteiger partial charge in [-0.3, -0.25) is 9.78 Å². The van der Waals surface area contributed by atoms with E-state index in [-0.39, 0.29) is 5.91 Å². The molecule has 0 unspecified atom stereocenters. The maximum atomic E-state index is 11.6. The number of rotatable bonds is 10. The topological polar surface area (TPSA) is 51.2 Å². The van der Waals surface area contributed by atoms with Crippen molar-refractivity contribution in [3.8, 4) is 0 Å². The molecule has 1 rings (SSSR count). The van der Waals surface area contributed by atoms with Crippen LogP contribution in [0.4, 0.5) is 0 Å². The lowest BCUT2D eigenvalue weighted by atomic mass is 10.1. The minimum atomic E-state index is 0.0948. The van der Waals surface area contributed by atoms with E-state index in [2.05, 4.69) is 17.2 Å². The average molecular weight is 264 g/mol. The van der Waals surface area contributed by atoms with Gasteiger partial charge in [-0.1, -0.05) is 19.4 Å². The van der Waals surface area contributed by atoms with Gasteiger partial charge in [-0.05, 0) is 30.9 Å². The fourth-order valence-corrected chi connectivity index (χ4v) is 1.64. The van der Waals surface area contributed by atoms with Crippen molar-refractivity contribution in [3.63, 3.8) is 0 Å². The third-order valence-electron chi connectivity index (χ3n) is 2.79. The first-order valence-electron chi connectivity index (χ1n) is 7.06. The Labute approximate surface area is 115 Å². The number of hydrogen-bond acceptors (Lipinski definition) is 3. The van der Waals surface area contributed by atoms with Crippen LogP contribution in [0.2, 0.25) is 0 Å². The number of carbonyl (C=O) groups is 1. The first-order valence-corrected chi connectivity index (χ1v) is 7.06. The molecular formula is C15H24N2O2. The van der Waals surface area contributed by atoms with Gasteiger partial charge in [-0.2, -0.15) is 0 Å². The highest BCUT2D eigenvalue weighted by molar-refractivity contribution is 5.76. The largest absolute Gasteiger partial charge is 0.381 e. The molecule has 0 atom stereocenters. The smallest absolute Gasteiger partial charge is 0.220 e. The van der Waals surface area contributed by atoms with Crippen molar-refractivity contribution in [3.05, 3.63) is 30.1 Å². The summed E-state index contributed by atoms with van der Waals surface area (Å²) in [5, 5.41) is 2.90. The number of pyridine rings is 1. The molecule has 1 amide bonds. The van der Waals surface area contributed by atoms with Gasteiger partial charge in [-0.15, -0.1) is 0 Å². The normalized spacial score (nSPS) is 10.4. The molecule has 0 aromatic carbocycles. The van der Waals surface area contributed by atoms with E-state index in [9.17, 15) is 4.79 Å². The summed E-state index contributed by atoms with van der Waals surface area (Å²) in [5.41, 5.74) is 1.10. The van der Waals surface area contributed by atoms with Gasteiger partial charge in [-0.25, -0.2) is 0 Å². The molecule has 4 nitrogen and oxygen atoms in total. The molecule has 0 fully saturated rings. The number of hydrogen-bond donors (Lipinski definition) is 1. The average Bonchev–Trinajstić information content (AvgIpc) is 2.45. The number of aryl methyl sites for hydroxylation is 1. The van der Waals surface area contributed by atoms with Crippen LogP contribution in [0.1, 0.15) is 38.2 Å². The molecule has 1 aromatic heterocycles. The van der Waals surface area contributed by atoms with Gasteiger partial charge < -0.3 is 10.1 Å². The van der Waals surface area contributed by atoms with Crippen LogP contribution in [0.3, 0.4) is 0 Å². The lowest BCUT2D eigenvalue weighted by Crippen LogP contribution is -2.25. The number of carbonyl (C=O) groups excluding carboxylic acids is 1. The Bertz CT molecular complexity index is 341. The van der Waals surface area contributed by atoms with Crippen molar-refractivity contribution in [1.82, 2.24) is 10.3 Å². The Kier molecular flexibility index (Phi) is 8.64. The molecule has 1 N–H and O–H groups in total. The highest BCUT2D eigenvalue weighted by Gasteiger charge is 2.01. The second kappa shape index (κ2) is 10.5. The molecule has 19 heavy (non-hydrogen) atoms. The van der Waals surface area contributed by atoms with Crippen molar-refractivity contribution in [1.29, 1.82) is 0 Å². The Morgan fingerprint density at radius 1 is 1.37 bits per heavy atom. The molecule has 0 bridgehead atoms. The van der Waals surface area contributed by atoms with E-state index < -0.39 is 0 Å². The summed E-state index contributed by atoms with van der Waals surface area (Å²) < 4.78 is 5.43. The Morgan fingerprint density at radius 3 is 2.95 bits per heavy atom. The molecule has 0 saturated heterocycles. The molecule has 0 aliphatic heterocycles. The molecule has 1 aromatic rings. The van der Waals surface area contributed by atoms with Crippen molar-refractivity contribution < 1.29 is 9.53 Å². The molecule has 0 radical (unpaired) electrons. The lowest BCUT2D eigenvalue weighted by molar-refractivity contribution is -0.121. The molecule has 1 heterocycles. The Morgan fingerprint density at radius 2 is 2.21 bits per heavy atom. The number of ether oxygens (including phenoxy) is 1. The minimum absolute atomic E-state index is 0.0948. The van der Waals surface area contributed by atoms with Crippen molar-refractivity contribution in [2.45, 2.75) is 39.0 Å². The molecule has 0 spiro atoms.